The summed E-state index contributed by atoms with van der Waals surface area (Å²) in [6, 6.07) is 10.7. The van der Waals surface area contributed by atoms with Crippen molar-refractivity contribution < 1.29 is 19.4 Å². The van der Waals surface area contributed by atoms with Gasteiger partial charge in [0.2, 0.25) is 11.8 Å². The van der Waals surface area contributed by atoms with E-state index in [1.54, 1.807) is 18.3 Å². The molecule has 7 heteroatoms. The number of aromatic hydroxyl groups is 1. The highest BCUT2D eigenvalue weighted by molar-refractivity contribution is 6.32. The lowest BCUT2D eigenvalue weighted by Gasteiger charge is -2.30. The van der Waals surface area contributed by atoms with Gasteiger partial charge >= 0.3 is 0 Å². The summed E-state index contributed by atoms with van der Waals surface area (Å²) in [5.74, 6) is -0.490. The average molecular weight is 507 g/mol. The van der Waals surface area contributed by atoms with Crippen molar-refractivity contribution in [2.24, 2.45) is 17.8 Å². The Hall–Kier alpha value is -2.96. The molecule has 2 fully saturated rings. The summed E-state index contributed by atoms with van der Waals surface area (Å²) >= 11 is 6.39. The van der Waals surface area contributed by atoms with Crippen molar-refractivity contribution in [3.63, 3.8) is 0 Å². The van der Waals surface area contributed by atoms with Crippen LogP contribution in [-0.4, -0.2) is 46.1 Å². The largest absolute Gasteiger partial charge is 0.508 e. The first-order valence-corrected chi connectivity index (χ1v) is 13.0. The number of carbonyl (C=O) groups is 2. The topological polar surface area (TPSA) is 79.7 Å². The third-order valence-electron chi connectivity index (χ3n) is 7.67. The Kier molecular flexibility index (Phi) is 7.00. The number of fused-ring (bicyclic) bond motifs is 3. The number of likely N-dealkylation sites (tertiary alicyclic amines) is 1. The molecular formula is C29H31ClN2O4. The lowest BCUT2D eigenvalue weighted by Crippen LogP contribution is -2.34. The van der Waals surface area contributed by atoms with Gasteiger partial charge in [-0.3, -0.25) is 19.5 Å². The van der Waals surface area contributed by atoms with Crippen LogP contribution in [0.25, 0.3) is 11.6 Å². The highest BCUT2D eigenvalue weighted by atomic mass is 35.5. The van der Waals surface area contributed by atoms with Crippen LogP contribution >= 0.6 is 11.6 Å². The number of phenols is 1. The number of nitrogens with zero attached hydrogens (tertiary/aromatic N) is 2. The van der Waals surface area contributed by atoms with Gasteiger partial charge in [-0.25, -0.2) is 0 Å². The zero-order chi connectivity index (χ0) is 25.4. The van der Waals surface area contributed by atoms with Crippen LogP contribution in [-0.2, 0) is 14.3 Å². The third-order valence-corrected chi connectivity index (χ3v) is 8.00. The van der Waals surface area contributed by atoms with Gasteiger partial charge in [-0.2, -0.15) is 0 Å². The number of benzene rings is 1. The Bertz CT molecular complexity index is 1240. The van der Waals surface area contributed by atoms with Crippen molar-refractivity contribution >= 4 is 35.1 Å². The second-order valence-electron chi connectivity index (χ2n) is 9.96. The molecule has 0 radical (unpaired) electrons. The smallest absolute Gasteiger partial charge is 0.233 e. The van der Waals surface area contributed by atoms with E-state index in [-0.39, 0.29) is 41.4 Å². The fourth-order valence-corrected chi connectivity index (χ4v) is 6.30. The number of allylic oxidation sites excluding steroid dienone is 2. The Balaban J connectivity index is 1.39. The number of halogens is 1. The maximum Gasteiger partial charge on any atom is 0.233 e. The Morgan fingerprint density at radius 1 is 1.22 bits per heavy atom. The Morgan fingerprint density at radius 3 is 2.78 bits per heavy atom. The summed E-state index contributed by atoms with van der Waals surface area (Å²) < 4.78 is 6.29. The van der Waals surface area contributed by atoms with Crippen LogP contribution in [0, 0.1) is 17.8 Å². The van der Waals surface area contributed by atoms with Gasteiger partial charge in [0.1, 0.15) is 5.75 Å². The number of hydrogen-bond donors (Lipinski definition) is 1. The van der Waals surface area contributed by atoms with Gasteiger partial charge in [-0.1, -0.05) is 30.2 Å². The summed E-state index contributed by atoms with van der Waals surface area (Å²) in [5, 5.41) is 10.2. The zero-order valence-electron chi connectivity index (χ0n) is 20.6. The first-order chi connectivity index (χ1) is 17.4. The molecule has 6 nitrogen and oxygen atoms in total. The van der Waals surface area contributed by atoms with Crippen molar-refractivity contribution in [1.82, 2.24) is 9.88 Å². The first-order valence-electron chi connectivity index (χ1n) is 12.7. The molecule has 1 aromatic heterocycles. The molecule has 0 saturated carbocycles. The minimum absolute atomic E-state index is 0.0140. The molecule has 2 aliphatic heterocycles. The SMILES string of the molecule is CCCN1C(=O)[C@@H]2[C@@H](CC(C)=C3[C@@H](CC/C(=C/c4ccc(O)cc4Cl)c4ccccn4)OC[C@@H]32)C1=O. The number of amides is 2. The second-order valence-corrected chi connectivity index (χ2v) is 10.4. The van der Waals surface area contributed by atoms with E-state index in [2.05, 4.69) is 11.9 Å². The van der Waals surface area contributed by atoms with Gasteiger partial charge in [-0.15, -0.1) is 0 Å². The van der Waals surface area contributed by atoms with Gasteiger partial charge in [0, 0.05) is 18.7 Å². The molecular weight excluding hydrogens is 476 g/mol. The summed E-state index contributed by atoms with van der Waals surface area (Å²) in [4.78, 5) is 32.2. The van der Waals surface area contributed by atoms with E-state index in [1.165, 1.54) is 22.1 Å². The van der Waals surface area contributed by atoms with Crippen LogP contribution in [0.2, 0.25) is 5.02 Å². The lowest BCUT2D eigenvalue weighted by molar-refractivity contribution is -0.140. The van der Waals surface area contributed by atoms with Gasteiger partial charge in [0.25, 0.3) is 0 Å². The van der Waals surface area contributed by atoms with E-state index in [4.69, 9.17) is 16.3 Å². The van der Waals surface area contributed by atoms with Crippen LogP contribution in [0.5, 0.6) is 5.75 Å². The highest BCUT2D eigenvalue weighted by Crippen LogP contribution is 2.49. The molecule has 1 aliphatic carbocycles. The normalized spacial score (nSPS) is 26.0. The van der Waals surface area contributed by atoms with Gasteiger partial charge in [0.15, 0.2) is 0 Å². The highest BCUT2D eigenvalue weighted by Gasteiger charge is 2.56. The minimum atomic E-state index is -0.297. The van der Waals surface area contributed by atoms with E-state index in [1.807, 2.05) is 31.2 Å². The summed E-state index contributed by atoms with van der Waals surface area (Å²) in [5.41, 5.74) is 5.08. The molecule has 4 atom stereocenters. The van der Waals surface area contributed by atoms with Gasteiger partial charge in [0.05, 0.1) is 35.3 Å². The molecule has 1 N–H and O–H groups in total. The maximum absolute atomic E-state index is 13.2. The Morgan fingerprint density at radius 2 is 2.06 bits per heavy atom. The van der Waals surface area contributed by atoms with Crippen molar-refractivity contribution in [3.8, 4) is 5.75 Å². The van der Waals surface area contributed by atoms with Gasteiger partial charge < -0.3 is 9.84 Å². The molecule has 2 aromatic rings. The third kappa shape index (κ3) is 4.48. The quantitative estimate of drug-likeness (QED) is 0.396. The fourth-order valence-electron chi connectivity index (χ4n) is 6.07. The van der Waals surface area contributed by atoms with E-state index in [0.29, 0.717) is 31.0 Å². The van der Waals surface area contributed by atoms with Crippen LogP contribution in [0.15, 0.2) is 53.7 Å². The second kappa shape index (κ2) is 10.2. The van der Waals surface area contributed by atoms with Crippen LogP contribution in [0.3, 0.4) is 0 Å². The molecule has 5 rings (SSSR count). The van der Waals surface area contributed by atoms with E-state index >= 15 is 0 Å². The molecule has 0 unspecified atom stereocenters. The molecule has 2 amide bonds. The maximum atomic E-state index is 13.2. The number of aromatic nitrogens is 1. The molecule has 0 bridgehead atoms. The number of rotatable bonds is 7. The number of pyridine rings is 1. The molecule has 3 heterocycles. The predicted molar refractivity (Wildman–Crippen MR) is 139 cm³/mol. The first kappa shape index (κ1) is 24.7. The lowest BCUT2D eigenvalue weighted by atomic mass is 9.70. The predicted octanol–water partition coefficient (Wildman–Crippen LogP) is 5.51. The number of phenolic OH excluding ortho intramolecular Hbond substituents is 1. The van der Waals surface area contributed by atoms with E-state index in [0.717, 1.165) is 29.7 Å². The van der Waals surface area contributed by atoms with Crippen LogP contribution < -0.4 is 0 Å². The fraction of sp³-hybridized carbons (Fsp3) is 0.414. The van der Waals surface area contributed by atoms with Gasteiger partial charge in [-0.05, 0) is 85.7 Å². The van der Waals surface area contributed by atoms with Crippen molar-refractivity contribution in [2.45, 2.75) is 45.6 Å². The zero-order valence-corrected chi connectivity index (χ0v) is 21.4. The number of hydrogen-bond acceptors (Lipinski definition) is 5. The van der Waals surface area contributed by atoms with Crippen LogP contribution in [0.4, 0.5) is 0 Å². The van der Waals surface area contributed by atoms with Crippen molar-refractivity contribution in [1.29, 1.82) is 0 Å². The van der Waals surface area contributed by atoms with Crippen molar-refractivity contribution in [2.75, 3.05) is 13.2 Å². The summed E-state index contributed by atoms with van der Waals surface area (Å²) in [7, 11) is 0. The molecule has 2 saturated heterocycles. The minimum Gasteiger partial charge on any atom is -0.508 e. The molecule has 3 aliphatic rings. The van der Waals surface area contributed by atoms with E-state index < -0.39 is 0 Å². The number of imide groups is 1. The molecule has 188 valence electrons. The Labute approximate surface area is 216 Å². The van der Waals surface area contributed by atoms with Crippen LogP contribution in [0.1, 0.15) is 50.8 Å². The summed E-state index contributed by atoms with van der Waals surface area (Å²) in [6.07, 6.45) is 6.52. The van der Waals surface area contributed by atoms with Crippen molar-refractivity contribution in [3.05, 3.63) is 70.0 Å². The standard InChI is InChI=1S/C29H31ClN2O4/c1-3-12-32-28(34)21-13-17(2)26-22(27(21)29(32)35)16-36-25(26)10-8-19(24-6-4-5-11-31-24)14-18-7-9-20(33)15-23(18)30/h4-7,9,11,14-15,21-22,25,27,33H,3,8,10,12-13,16H2,1-2H3/b19-14-/t21-,22+,25-,27-/m1/s1. The summed E-state index contributed by atoms with van der Waals surface area (Å²) in [6.45, 7) is 5.05. The molecule has 36 heavy (non-hydrogen) atoms. The van der Waals surface area contributed by atoms with E-state index in [9.17, 15) is 14.7 Å². The number of carbonyl (C=O) groups excluding carboxylic acids is 2. The monoisotopic (exact) mass is 506 g/mol. The number of ether oxygens (including phenoxy) is 1. The molecule has 0 spiro atoms. The molecule has 1 aromatic carbocycles. The average Bonchev–Trinajstić information content (AvgIpc) is 3.39.